The van der Waals surface area contributed by atoms with Crippen LogP contribution in [0.4, 0.5) is 0 Å². The molecule has 5 heteroatoms. The molecule has 0 aliphatic rings. The SMILES string of the molecule is CCCCCCCCCCCCCCCCC(=O)O[C@H](CC(=O)[O-])C[N+](C)(C)C. The normalized spacial score (nSPS) is 12.7. The standard InChI is InChI=1S/C24H47NO4/c1-5-6-7-8-9-10-11-12-13-14-15-16-17-18-19-24(28)29-22(20-23(26)27)21-25(2,3)4/h22H,5-21H2,1-4H3/t22-/m1/s1. The molecule has 0 saturated heterocycles. The summed E-state index contributed by atoms with van der Waals surface area (Å²) in [6.07, 6.45) is 17.4. The van der Waals surface area contributed by atoms with E-state index in [0.717, 1.165) is 19.3 Å². The van der Waals surface area contributed by atoms with Crippen LogP contribution < -0.4 is 5.11 Å². The van der Waals surface area contributed by atoms with Gasteiger partial charge in [-0.15, -0.1) is 0 Å². The Morgan fingerprint density at radius 3 is 1.55 bits per heavy atom. The minimum atomic E-state index is -1.17. The van der Waals surface area contributed by atoms with Gasteiger partial charge < -0.3 is 19.1 Å². The summed E-state index contributed by atoms with van der Waals surface area (Å²) in [7, 11) is 5.84. The van der Waals surface area contributed by atoms with Crippen molar-refractivity contribution < 1.29 is 23.9 Å². The maximum atomic E-state index is 12.0. The van der Waals surface area contributed by atoms with E-state index in [0.29, 0.717) is 17.4 Å². The van der Waals surface area contributed by atoms with Crippen molar-refractivity contribution in [2.75, 3.05) is 27.7 Å². The number of likely N-dealkylation sites (N-methyl/N-ethyl adjacent to an activating group) is 1. The highest BCUT2D eigenvalue weighted by molar-refractivity contribution is 5.70. The quantitative estimate of drug-likeness (QED) is 0.166. The van der Waals surface area contributed by atoms with Crippen molar-refractivity contribution in [3.05, 3.63) is 0 Å². The number of ether oxygens (including phenoxy) is 1. The number of quaternary nitrogens is 1. The van der Waals surface area contributed by atoms with Gasteiger partial charge in [0.25, 0.3) is 0 Å². The van der Waals surface area contributed by atoms with E-state index in [1.807, 2.05) is 21.1 Å². The number of unbranched alkanes of at least 4 members (excludes halogenated alkanes) is 13. The Hall–Kier alpha value is -1.10. The highest BCUT2D eigenvalue weighted by Gasteiger charge is 2.22. The molecule has 0 spiro atoms. The predicted molar refractivity (Wildman–Crippen MR) is 117 cm³/mol. The van der Waals surface area contributed by atoms with Crippen LogP contribution in [0.2, 0.25) is 0 Å². The first-order valence-corrected chi connectivity index (χ1v) is 11.9. The maximum absolute atomic E-state index is 12.0. The van der Waals surface area contributed by atoms with Crippen molar-refractivity contribution in [1.82, 2.24) is 0 Å². The van der Waals surface area contributed by atoms with Gasteiger partial charge in [-0.2, -0.15) is 0 Å². The minimum Gasteiger partial charge on any atom is -0.550 e. The number of carbonyl (C=O) groups excluding carboxylic acids is 2. The lowest BCUT2D eigenvalue weighted by Crippen LogP contribution is -2.45. The number of carboxylic acid groups (broad SMARTS) is 1. The molecular weight excluding hydrogens is 366 g/mol. The molecule has 0 rings (SSSR count). The van der Waals surface area contributed by atoms with Crippen molar-refractivity contribution in [3.63, 3.8) is 0 Å². The molecule has 0 heterocycles. The van der Waals surface area contributed by atoms with Gasteiger partial charge in [0.2, 0.25) is 0 Å². The average molecular weight is 414 g/mol. The molecule has 29 heavy (non-hydrogen) atoms. The molecule has 0 aromatic carbocycles. The van der Waals surface area contributed by atoms with Gasteiger partial charge in [-0.25, -0.2) is 0 Å². The van der Waals surface area contributed by atoms with E-state index in [2.05, 4.69) is 6.92 Å². The first-order valence-electron chi connectivity index (χ1n) is 11.9. The Morgan fingerprint density at radius 2 is 1.17 bits per heavy atom. The Balaban J connectivity index is 3.59. The highest BCUT2D eigenvalue weighted by atomic mass is 16.5. The fourth-order valence-electron chi connectivity index (χ4n) is 3.65. The predicted octanol–water partition coefficient (Wildman–Crippen LogP) is 4.62. The van der Waals surface area contributed by atoms with Gasteiger partial charge in [0.1, 0.15) is 6.54 Å². The zero-order valence-electron chi connectivity index (χ0n) is 19.7. The van der Waals surface area contributed by atoms with Crippen molar-refractivity contribution in [3.8, 4) is 0 Å². The third kappa shape index (κ3) is 21.4. The molecule has 0 radical (unpaired) electrons. The van der Waals surface area contributed by atoms with Crippen molar-refractivity contribution >= 4 is 11.9 Å². The molecule has 0 fully saturated rings. The van der Waals surface area contributed by atoms with Gasteiger partial charge in [-0.1, -0.05) is 90.4 Å². The zero-order chi connectivity index (χ0) is 22.0. The number of carbonyl (C=O) groups is 2. The molecule has 0 bridgehead atoms. The highest BCUT2D eigenvalue weighted by Crippen LogP contribution is 2.14. The lowest BCUT2D eigenvalue weighted by atomic mass is 10.0. The molecule has 0 N–H and O–H groups in total. The largest absolute Gasteiger partial charge is 0.550 e. The molecule has 0 saturated carbocycles. The van der Waals surface area contributed by atoms with Crippen LogP contribution in [0.5, 0.6) is 0 Å². The van der Waals surface area contributed by atoms with Crippen LogP contribution in [0, 0.1) is 0 Å². The number of carboxylic acids is 1. The molecule has 0 aliphatic carbocycles. The summed E-state index contributed by atoms with van der Waals surface area (Å²) in [5.41, 5.74) is 0. The smallest absolute Gasteiger partial charge is 0.306 e. The van der Waals surface area contributed by atoms with E-state index in [4.69, 9.17) is 4.74 Å². The fourth-order valence-corrected chi connectivity index (χ4v) is 3.65. The van der Waals surface area contributed by atoms with Crippen LogP contribution in [0.3, 0.4) is 0 Å². The van der Waals surface area contributed by atoms with Gasteiger partial charge >= 0.3 is 5.97 Å². The molecule has 0 aromatic rings. The fraction of sp³-hybridized carbons (Fsp3) is 0.917. The van der Waals surface area contributed by atoms with E-state index in [1.165, 1.54) is 70.6 Å². The zero-order valence-corrected chi connectivity index (χ0v) is 19.7. The average Bonchev–Trinajstić information content (AvgIpc) is 2.60. The molecule has 0 aromatic heterocycles. The number of rotatable bonds is 20. The van der Waals surface area contributed by atoms with E-state index in [-0.39, 0.29) is 12.4 Å². The summed E-state index contributed by atoms with van der Waals surface area (Å²) < 4.78 is 5.92. The summed E-state index contributed by atoms with van der Waals surface area (Å²) in [4.78, 5) is 22.9. The van der Waals surface area contributed by atoms with Gasteiger partial charge in [0, 0.05) is 18.8 Å². The van der Waals surface area contributed by atoms with Crippen LogP contribution in [0.15, 0.2) is 0 Å². The Bertz CT molecular complexity index is 418. The lowest BCUT2D eigenvalue weighted by Gasteiger charge is -2.29. The van der Waals surface area contributed by atoms with Crippen LogP contribution in [-0.4, -0.2) is 50.2 Å². The molecule has 0 amide bonds. The molecule has 1 atom stereocenters. The molecule has 0 aliphatic heterocycles. The van der Waals surface area contributed by atoms with Crippen LogP contribution >= 0.6 is 0 Å². The number of hydrogen-bond donors (Lipinski definition) is 0. The van der Waals surface area contributed by atoms with E-state index in [1.54, 1.807) is 0 Å². The molecule has 0 unspecified atom stereocenters. The summed E-state index contributed by atoms with van der Waals surface area (Å²) in [6, 6.07) is 0. The molecule has 5 nitrogen and oxygen atoms in total. The first-order chi connectivity index (χ1) is 13.7. The number of esters is 1. The third-order valence-corrected chi connectivity index (χ3v) is 5.18. The minimum absolute atomic E-state index is 0.236. The number of aliphatic carboxylic acids is 1. The summed E-state index contributed by atoms with van der Waals surface area (Å²) in [6.45, 7) is 2.73. The number of hydrogen-bond acceptors (Lipinski definition) is 4. The van der Waals surface area contributed by atoms with Crippen LogP contribution in [0.25, 0.3) is 0 Å². The Kier molecular flexibility index (Phi) is 17.1. The van der Waals surface area contributed by atoms with Crippen LogP contribution in [-0.2, 0) is 14.3 Å². The van der Waals surface area contributed by atoms with Crippen LogP contribution in [0.1, 0.15) is 110 Å². The topological polar surface area (TPSA) is 66.4 Å². The lowest BCUT2D eigenvalue weighted by molar-refractivity contribution is -0.873. The van der Waals surface area contributed by atoms with Crippen molar-refractivity contribution in [2.24, 2.45) is 0 Å². The van der Waals surface area contributed by atoms with E-state index in [9.17, 15) is 14.7 Å². The van der Waals surface area contributed by atoms with Gasteiger partial charge in [-0.3, -0.25) is 4.79 Å². The Morgan fingerprint density at radius 1 is 0.759 bits per heavy atom. The second kappa shape index (κ2) is 17.7. The maximum Gasteiger partial charge on any atom is 0.306 e. The summed E-state index contributed by atoms with van der Waals surface area (Å²) >= 11 is 0. The molecular formula is C24H47NO4. The monoisotopic (exact) mass is 413 g/mol. The number of nitrogens with zero attached hydrogens (tertiary/aromatic N) is 1. The van der Waals surface area contributed by atoms with Crippen molar-refractivity contribution in [1.29, 1.82) is 0 Å². The van der Waals surface area contributed by atoms with Gasteiger partial charge in [0.05, 0.1) is 21.1 Å². The van der Waals surface area contributed by atoms with Crippen molar-refractivity contribution in [2.45, 2.75) is 116 Å². The second-order valence-corrected chi connectivity index (χ2v) is 9.51. The molecule has 172 valence electrons. The van der Waals surface area contributed by atoms with E-state index >= 15 is 0 Å². The van der Waals surface area contributed by atoms with Gasteiger partial charge in [0.15, 0.2) is 6.10 Å². The summed E-state index contributed by atoms with van der Waals surface area (Å²) in [5.74, 6) is -1.46. The van der Waals surface area contributed by atoms with Gasteiger partial charge in [-0.05, 0) is 6.42 Å². The Labute approximate surface area is 179 Å². The summed E-state index contributed by atoms with van der Waals surface area (Å²) in [5, 5.41) is 10.9. The second-order valence-electron chi connectivity index (χ2n) is 9.51. The first kappa shape index (κ1) is 27.9. The third-order valence-electron chi connectivity index (χ3n) is 5.18. The van der Waals surface area contributed by atoms with E-state index < -0.39 is 12.1 Å².